The van der Waals surface area contributed by atoms with Gasteiger partial charge in [-0.1, -0.05) is 0 Å². The first kappa shape index (κ1) is 15.9. The summed E-state index contributed by atoms with van der Waals surface area (Å²) in [5.74, 6) is 0.00248. The van der Waals surface area contributed by atoms with Crippen molar-refractivity contribution >= 4 is 23.4 Å². The molecule has 0 heterocycles. The van der Waals surface area contributed by atoms with Gasteiger partial charge in [-0.15, -0.1) is 0 Å². The highest BCUT2D eigenvalue weighted by Crippen LogP contribution is 2.20. The second kappa shape index (κ2) is 6.85. The monoisotopic (exact) mass is 280 g/mol. The van der Waals surface area contributed by atoms with Gasteiger partial charge in [0.25, 0.3) is 5.91 Å². The molecular formula is C15H24N2OS. The van der Waals surface area contributed by atoms with E-state index in [2.05, 4.69) is 37.7 Å². The summed E-state index contributed by atoms with van der Waals surface area (Å²) < 4.78 is 0.0628. The van der Waals surface area contributed by atoms with Gasteiger partial charge in [-0.2, -0.15) is 11.8 Å². The van der Waals surface area contributed by atoms with Gasteiger partial charge < -0.3 is 10.6 Å². The molecule has 19 heavy (non-hydrogen) atoms. The van der Waals surface area contributed by atoms with E-state index in [4.69, 9.17) is 0 Å². The fourth-order valence-electron chi connectivity index (χ4n) is 1.69. The van der Waals surface area contributed by atoms with E-state index < -0.39 is 0 Å². The predicted octanol–water partition coefficient (Wildman–Crippen LogP) is 3.30. The zero-order valence-electron chi connectivity index (χ0n) is 12.5. The molecule has 0 saturated carbocycles. The Kier molecular flexibility index (Phi) is 5.73. The minimum atomic E-state index is 0.00248. The standard InChI is InChI=1S/C15H24N2OS/c1-6-16-12-7-8-13(11(2)9-12)14(18)17-10-15(3,4)19-5/h7-9,16H,6,10H2,1-5H3,(H,17,18). The number of anilines is 1. The van der Waals surface area contributed by atoms with E-state index in [0.29, 0.717) is 6.54 Å². The smallest absolute Gasteiger partial charge is 0.251 e. The summed E-state index contributed by atoms with van der Waals surface area (Å²) in [6, 6.07) is 5.85. The summed E-state index contributed by atoms with van der Waals surface area (Å²) in [7, 11) is 0. The highest BCUT2D eigenvalue weighted by molar-refractivity contribution is 7.99. The highest BCUT2D eigenvalue weighted by Gasteiger charge is 2.18. The van der Waals surface area contributed by atoms with Gasteiger partial charge in [-0.3, -0.25) is 4.79 Å². The predicted molar refractivity (Wildman–Crippen MR) is 85.3 cm³/mol. The van der Waals surface area contributed by atoms with Crippen molar-refractivity contribution in [3.8, 4) is 0 Å². The van der Waals surface area contributed by atoms with Gasteiger partial charge in [0.2, 0.25) is 0 Å². The lowest BCUT2D eigenvalue weighted by Gasteiger charge is -2.22. The lowest BCUT2D eigenvalue weighted by atomic mass is 10.1. The van der Waals surface area contributed by atoms with Crippen LogP contribution in [0.5, 0.6) is 0 Å². The van der Waals surface area contributed by atoms with E-state index in [1.165, 1.54) is 0 Å². The lowest BCUT2D eigenvalue weighted by molar-refractivity contribution is 0.0950. The van der Waals surface area contributed by atoms with E-state index in [-0.39, 0.29) is 10.7 Å². The number of amides is 1. The average Bonchev–Trinajstić information content (AvgIpc) is 2.37. The molecule has 1 aromatic rings. The molecule has 0 aromatic heterocycles. The fourth-order valence-corrected chi connectivity index (χ4v) is 1.91. The number of aryl methyl sites for hydroxylation is 1. The quantitative estimate of drug-likeness (QED) is 0.840. The van der Waals surface area contributed by atoms with E-state index in [0.717, 1.165) is 23.4 Å². The van der Waals surface area contributed by atoms with Crippen LogP contribution in [-0.2, 0) is 0 Å². The number of rotatable bonds is 6. The largest absolute Gasteiger partial charge is 0.385 e. The SMILES string of the molecule is CCNc1ccc(C(=O)NCC(C)(C)SC)c(C)c1. The molecule has 4 heteroatoms. The number of benzene rings is 1. The maximum absolute atomic E-state index is 12.2. The number of hydrogen-bond acceptors (Lipinski definition) is 3. The molecule has 0 bridgehead atoms. The fraction of sp³-hybridized carbons (Fsp3) is 0.533. The Morgan fingerprint density at radius 1 is 1.37 bits per heavy atom. The van der Waals surface area contributed by atoms with Crippen LogP contribution in [0.25, 0.3) is 0 Å². The second-order valence-corrected chi connectivity index (χ2v) is 6.72. The van der Waals surface area contributed by atoms with Crippen LogP contribution in [0, 0.1) is 6.92 Å². The molecule has 2 N–H and O–H groups in total. The summed E-state index contributed by atoms with van der Waals surface area (Å²) in [5.41, 5.74) is 2.80. The van der Waals surface area contributed by atoms with Crippen molar-refractivity contribution in [2.24, 2.45) is 0 Å². The molecule has 106 valence electrons. The van der Waals surface area contributed by atoms with Gasteiger partial charge in [0, 0.05) is 29.1 Å². The Morgan fingerprint density at radius 3 is 2.58 bits per heavy atom. The number of nitrogens with one attached hydrogen (secondary N) is 2. The molecule has 0 aliphatic rings. The molecule has 0 saturated heterocycles. The summed E-state index contributed by atoms with van der Waals surface area (Å²) >= 11 is 1.75. The van der Waals surface area contributed by atoms with Gasteiger partial charge in [-0.25, -0.2) is 0 Å². The van der Waals surface area contributed by atoms with Crippen molar-refractivity contribution in [1.29, 1.82) is 0 Å². The van der Waals surface area contributed by atoms with Crippen LogP contribution in [0.15, 0.2) is 18.2 Å². The lowest BCUT2D eigenvalue weighted by Crippen LogP contribution is -2.36. The zero-order chi connectivity index (χ0) is 14.5. The third-order valence-corrected chi connectivity index (χ3v) is 4.33. The number of hydrogen-bond donors (Lipinski definition) is 2. The Bertz CT molecular complexity index is 444. The maximum atomic E-state index is 12.2. The second-order valence-electron chi connectivity index (χ2n) is 5.21. The third-order valence-electron chi connectivity index (χ3n) is 3.08. The summed E-state index contributed by atoms with van der Waals surface area (Å²) in [4.78, 5) is 12.2. The van der Waals surface area contributed by atoms with Crippen molar-refractivity contribution < 1.29 is 4.79 Å². The van der Waals surface area contributed by atoms with Crippen molar-refractivity contribution in [2.45, 2.75) is 32.4 Å². The Morgan fingerprint density at radius 2 is 2.05 bits per heavy atom. The van der Waals surface area contributed by atoms with E-state index in [9.17, 15) is 4.79 Å². The minimum absolute atomic E-state index is 0.00248. The Balaban J connectivity index is 2.72. The minimum Gasteiger partial charge on any atom is -0.385 e. The Labute approximate surface area is 120 Å². The molecule has 0 aliphatic carbocycles. The van der Waals surface area contributed by atoms with Crippen LogP contribution in [0.3, 0.4) is 0 Å². The van der Waals surface area contributed by atoms with E-state index in [1.54, 1.807) is 11.8 Å². The van der Waals surface area contributed by atoms with Crippen molar-refractivity contribution in [3.63, 3.8) is 0 Å². The molecular weight excluding hydrogens is 256 g/mol. The molecule has 0 unspecified atom stereocenters. The zero-order valence-corrected chi connectivity index (χ0v) is 13.3. The summed E-state index contributed by atoms with van der Waals surface area (Å²) in [6.45, 7) is 9.82. The topological polar surface area (TPSA) is 41.1 Å². The van der Waals surface area contributed by atoms with Crippen LogP contribution in [0.2, 0.25) is 0 Å². The highest BCUT2D eigenvalue weighted by atomic mass is 32.2. The van der Waals surface area contributed by atoms with Crippen molar-refractivity contribution in [1.82, 2.24) is 5.32 Å². The van der Waals surface area contributed by atoms with E-state index >= 15 is 0 Å². The van der Waals surface area contributed by atoms with Gasteiger partial charge in [-0.05, 0) is 57.7 Å². The molecule has 0 spiro atoms. The molecule has 0 radical (unpaired) electrons. The normalized spacial score (nSPS) is 11.2. The number of carbonyl (C=O) groups excluding carboxylic acids is 1. The van der Waals surface area contributed by atoms with E-state index in [1.807, 2.05) is 25.1 Å². The maximum Gasteiger partial charge on any atom is 0.251 e. The molecule has 0 aliphatic heterocycles. The van der Waals surface area contributed by atoms with Gasteiger partial charge in [0.15, 0.2) is 0 Å². The molecule has 0 fully saturated rings. The van der Waals surface area contributed by atoms with Crippen LogP contribution < -0.4 is 10.6 Å². The first-order chi connectivity index (χ1) is 8.89. The first-order valence-corrected chi connectivity index (χ1v) is 7.80. The van der Waals surface area contributed by atoms with Gasteiger partial charge in [0.05, 0.1) is 0 Å². The van der Waals surface area contributed by atoms with Crippen molar-refractivity contribution in [3.05, 3.63) is 29.3 Å². The first-order valence-electron chi connectivity index (χ1n) is 6.57. The summed E-state index contributed by atoms with van der Waals surface area (Å²) in [6.07, 6.45) is 2.06. The molecule has 1 amide bonds. The van der Waals surface area contributed by atoms with Crippen LogP contribution in [-0.4, -0.2) is 30.0 Å². The van der Waals surface area contributed by atoms with Crippen LogP contribution in [0.4, 0.5) is 5.69 Å². The van der Waals surface area contributed by atoms with Crippen LogP contribution in [0.1, 0.15) is 36.7 Å². The van der Waals surface area contributed by atoms with Gasteiger partial charge >= 0.3 is 0 Å². The van der Waals surface area contributed by atoms with Crippen molar-refractivity contribution in [2.75, 3.05) is 24.7 Å². The summed E-state index contributed by atoms with van der Waals surface area (Å²) in [5, 5.41) is 6.25. The Hall–Kier alpha value is -1.16. The molecule has 1 aromatic carbocycles. The molecule has 1 rings (SSSR count). The molecule has 0 atom stereocenters. The third kappa shape index (κ3) is 4.78. The average molecular weight is 280 g/mol. The molecule has 3 nitrogen and oxygen atoms in total. The van der Waals surface area contributed by atoms with Crippen LogP contribution >= 0.6 is 11.8 Å². The number of carbonyl (C=O) groups is 1. The number of thioether (sulfide) groups is 1. The van der Waals surface area contributed by atoms with Gasteiger partial charge in [0.1, 0.15) is 0 Å².